The van der Waals surface area contributed by atoms with Gasteiger partial charge < -0.3 is 14.2 Å². The van der Waals surface area contributed by atoms with Gasteiger partial charge in [-0.3, -0.25) is 4.98 Å². The van der Waals surface area contributed by atoms with Crippen LogP contribution in [0.1, 0.15) is 39.7 Å². The molecular weight excluding hydrogens is 280 g/mol. The summed E-state index contributed by atoms with van der Waals surface area (Å²) in [6, 6.07) is 2.27. The van der Waals surface area contributed by atoms with Crippen molar-refractivity contribution in [1.29, 1.82) is 0 Å². The number of rotatable bonds is 1. The Kier molecular flexibility index (Phi) is 3.76. The highest BCUT2D eigenvalue weighted by Crippen LogP contribution is 2.26. The number of carbonyl (C=O) groups excluding carboxylic acids is 1. The fourth-order valence-corrected chi connectivity index (χ4v) is 2.82. The highest BCUT2D eigenvalue weighted by atomic mass is 16.6. The summed E-state index contributed by atoms with van der Waals surface area (Å²) >= 11 is 0. The lowest BCUT2D eigenvalue weighted by Crippen LogP contribution is -2.42. The van der Waals surface area contributed by atoms with Crippen LogP contribution in [0.25, 0.3) is 11.0 Å². The van der Waals surface area contributed by atoms with E-state index < -0.39 is 5.60 Å². The van der Waals surface area contributed by atoms with Crippen molar-refractivity contribution in [3.8, 4) is 0 Å². The normalized spacial score (nSPS) is 17.0. The lowest BCUT2D eigenvalue weighted by Gasteiger charge is -2.34. The number of likely N-dealkylation sites (tertiary alicyclic amines) is 1. The van der Waals surface area contributed by atoms with Crippen molar-refractivity contribution in [2.45, 2.75) is 45.3 Å². The van der Waals surface area contributed by atoms with Gasteiger partial charge in [0.25, 0.3) is 0 Å². The third-order valence-corrected chi connectivity index (χ3v) is 3.89. The Balaban J connectivity index is 1.66. The molecule has 1 aliphatic rings. The first-order valence-electron chi connectivity index (χ1n) is 7.68. The minimum atomic E-state index is -0.444. The maximum atomic E-state index is 12.1. The second kappa shape index (κ2) is 5.59. The smallest absolute Gasteiger partial charge is 0.410 e. The Morgan fingerprint density at radius 2 is 2.05 bits per heavy atom. The summed E-state index contributed by atoms with van der Waals surface area (Å²) in [5.41, 5.74) is 1.57. The number of hydrogen-bond acceptors (Lipinski definition) is 4. The third-order valence-electron chi connectivity index (χ3n) is 3.89. The summed E-state index contributed by atoms with van der Waals surface area (Å²) in [6.07, 6.45) is 7.07. The number of ether oxygens (including phenoxy) is 1. The van der Waals surface area contributed by atoms with Crippen LogP contribution < -0.4 is 0 Å². The lowest BCUT2D eigenvalue weighted by atomic mass is 10.1. The Hall–Kier alpha value is -2.11. The minimum Gasteiger partial charge on any atom is -0.444 e. The van der Waals surface area contributed by atoms with Crippen LogP contribution in [-0.4, -0.2) is 44.2 Å². The molecule has 1 amide bonds. The first-order chi connectivity index (χ1) is 10.4. The van der Waals surface area contributed by atoms with Crippen LogP contribution in [-0.2, 0) is 4.74 Å². The van der Waals surface area contributed by atoms with E-state index in [0.29, 0.717) is 19.1 Å². The molecule has 118 valence electrons. The van der Waals surface area contributed by atoms with Gasteiger partial charge in [0.05, 0.1) is 23.6 Å². The summed E-state index contributed by atoms with van der Waals surface area (Å²) in [5, 5.41) is 0. The van der Waals surface area contributed by atoms with E-state index >= 15 is 0 Å². The van der Waals surface area contributed by atoms with Gasteiger partial charge in [0.15, 0.2) is 0 Å². The van der Waals surface area contributed by atoms with E-state index in [9.17, 15) is 4.79 Å². The third kappa shape index (κ3) is 3.05. The number of nitrogens with zero attached hydrogens (tertiary/aromatic N) is 4. The van der Waals surface area contributed by atoms with Gasteiger partial charge >= 0.3 is 6.09 Å². The van der Waals surface area contributed by atoms with Crippen molar-refractivity contribution in [2.24, 2.45) is 0 Å². The van der Waals surface area contributed by atoms with Gasteiger partial charge in [-0.1, -0.05) is 0 Å². The van der Waals surface area contributed by atoms with Crippen molar-refractivity contribution in [3.63, 3.8) is 0 Å². The largest absolute Gasteiger partial charge is 0.444 e. The van der Waals surface area contributed by atoms with E-state index in [4.69, 9.17) is 4.74 Å². The molecule has 0 N–H and O–H groups in total. The van der Waals surface area contributed by atoms with Crippen molar-refractivity contribution in [3.05, 3.63) is 24.8 Å². The zero-order valence-corrected chi connectivity index (χ0v) is 13.3. The van der Waals surface area contributed by atoms with Gasteiger partial charge in [0.2, 0.25) is 0 Å². The molecule has 0 aliphatic carbocycles. The predicted octanol–water partition coefficient (Wildman–Crippen LogP) is 3.00. The highest BCUT2D eigenvalue weighted by Gasteiger charge is 2.27. The van der Waals surface area contributed by atoms with Crippen molar-refractivity contribution in [2.75, 3.05) is 13.1 Å². The number of aromatic nitrogens is 3. The molecule has 6 nitrogen and oxygen atoms in total. The Morgan fingerprint density at radius 3 is 2.73 bits per heavy atom. The molecular formula is C16H22N4O2. The zero-order valence-electron chi connectivity index (χ0n) is 13.3. The standard InChI is InChI=1S/C16H22N4O2/c1-16(2,3)22-15(21)19-8-5-12(6-9-19)20-11-18-13-4-7-17-10-14(13)20/h4,7,10-12H,5-6,8-9H2,1-3H3. The molecule has 3 rings (SSSR count). The van der Waals surface area contributed by atoms with Crippen molar-refractivity contribution in [1.82, 2.24) is 19.4 Å². The Morgan fingerprint density at radius 1 is 1.32 bits per heavy atom. The van der Waals surface area contributed by atoms with E-state index in [0.717, 1.165) is 23.9 Å². The van der Waals surface area contributed by atoms with E-state index in [-0.39, 0.29) is 6.09 Å². The molecule has 0 unspecified atom stereocenters. The van der Waals surface area contributed by atoms with Crippen LogP contribution in [0.5, 0.6) is 0 Å². The molecule has 0 aromatic carbocycles. The van der Waals surface area contributed by atoms with Gasteiger partial charge in [-0.25, -0.2) is 9.78 Å². The van der Waals surface area contributed by atoms with E-state index in [1.165, 1.54) is 0 Å². The van der Waals surface area contributed by atoms with E-state index in [1.807, 2.05) is 39.4 Å². The number of pyridine rings is 1. The molecule has 0 bridgehead atoms. The maximum Gasteiger partial charge on any atom is 0.410 e. The number of fused-ring (bicyclic) bond motifs is 1. The second-order valence-electron chi connectivity index (χ2n) is 6.71. The molecule has 1 aliphatic heterocycles. The predicted molar refractivity (Wildman–Crippen MR) is 83.6 cm³/mol. The van der Waals surface area contributed by atoms with Crippen LogP contribution in [0.4, 0.5) is 4.79 Å². The summed E-state index contributed by atoms with van der Waals surface area (Å²) in [7, 11) is 0. The van der Waals surface area contributed by atoms with E-state index in [1.54, 1.807) is 11.1 Å². The van der Waals surface area contributed by atoms with Crippen molar-refractivity contribution >= 4 is 17.1 Å². The first-order valence-corrected chi connectivity index (χ1v) is 7.68. The van der Waals surface area contributed by atoms with Crippen LogP contribution in [0, 0.1) is 0 Å². The molecule has 6 heteroatoms. The topological polar surface area (TPSA) is 60.2 Å². The molecule has 0 radical (unpaired) electrons. The summed E-state index contributed by atoms with van der Waals surface area (Å²) in [4.78, 5) is 22.5. The first kappa shape index (κ1) is 14.8. The summed E-state index contributed by atoms with van der Waals surface area (Å²) in [5.74, 6) is 0. The highest BCUT2D eigenvalue weighted by molar-refractivity contribution is 5.74. The van der Waals surface area contributed by atoms with Gasteiger partial charge in [0, 0.05) is 25.3 Å². The quantitative estimate of drug-likeness (QED) is 0.812. The molecule has 22 heavy (non-hydrogen) atoms. The molecule has 3 heterocycles. The molecule has 0 spiro atoms. The monoisotopic (exact) mass is 302 g/mol. The average Bonchev–Trinajstić information content (AvgIpc) is 2.89. The molecule has 2 aromatic heterocycles. The minimum absolute atomic E-state index is 0.219. The van der Waals surface area contributed by atoms with Gasteiger partial charge in [-0.05, 0) is 39.7 Å². The molecule has 1 fully saturated rings. The molecule has 2 aromatic rings. The second-order valence-corrected chi connectivity index (χ2v) is 6.71. The number of carbonyl (C=O) groups is 1. The van der Waals surface area contributed by atoms with Crippen LogP contribution in [0.3, 0.4) is 0 Å². The average molecular weight is 302 g/mol. The number of hydrogen-bond donors (Lipinski definition) is 0. The van der Waals surface area contributed by atoms with Gasteiger partial charge in [0.1, 0.15) is 5.60 Å². The number of piperidine rings is 1. The lowest BCUT2D eigenvalue weighted by molar-refractivity contribution is 0.0189. The SMILES string of the molecule is CC(C)(C)OC(=O)N1CCC(n2cnc3ccncc32)CC1. The van der Waals surface area contributed by atoms with E-state index in [2.05, 4.69) is 14.5 Å². The molecule has 1 saturated heterocycles. The number of imidazole rings is 1. The van der Waals surface area contributed by atoms with Crippen molar-refractivity contribution < 1.29 is 9.53 Å². The maximum absolute atomic E-state index is 12.1. The van der Waals surface area contributed by atoms with Gasteiger partial charge in [-0.2, -0.15) is 0 Å². The summed E-state index contributed by atoms with van der Waals surface area (Å²) in [6.45, 7) is 7.09. The summed E-state index contributed by atoms with van der Waals surface area (Å²) < 4.78 is 7.61. The number of amides is 1. The van der Waals surface area contributed by atoms with Crippen LogP contribution in [0.2, 0.25) is 0 Å². The van der Waals surface area contributed by atoms with Crippen LogP contribution >= 0.6 is 0 Å². The molecule has 0 atom stereocenters. The Labute approximate surface area is 130 Å². The zero-order chi connectivity index (χ0) is 15.7. The fraction of sp³-hybridized carbons (Fsp3) is 0.562. The molecule has 0 saturated carbocycles. The fourth-order valence-electron chi connectivity index (χ4n) is 2.82. The van der Waals surface area contributed by atoms with Gasteiger partial charge in [-0.15, -0.1) is 0 Å². The van der Waals surface area contributed by atoms with Crippen LogP contribution in [0.15, 0.2) is 24.8 Å². The Bertz CT molecular complexity index is 666.